The summed E-state index contributed by atoms with van der Waals surface area (Å²) in [6.45, 7) is 1.72. The van der Waals surface area contributed by atoms with Crippen LogP contribution < -0.4 is 5.73 Å². The van der Waals surface area contributed by atoms with Crippen LogP contribution >= 0.6 is 12.2 Å². The Balaban J connectivity index is 3.05. The largest absolute Gasteiger partial charge is 0.393 e. The van der Waals surface area contributed by atoms with Crippen LogP contribution in [0.2, 0.25) is 0 Å². The molecule has 0 amide bonds. The van der Waals surface area contributed by atoms with Crippen molar-refractivity contribution in [3.63, 3.8) is 0 Å². The zero-order valence-electron chi connectivity index (χ0n) is 4.92. The number of aliphatic hydroxyl groups excluding tert-OH is 1. The Bertz CT molecular complexity index is 82.5. The third kappa shape index (κ3) is 5.85. The Morgan fingerprint density at radius 1 is 1.88 bits per heavy atom. The van der Waals surface area contributed by atoms with Gasteiger partial charge in [-0.05, 0) is 19.8 Å². The molecular weight excluding hydrogens is 122 g/mol. The van der Waals surface area contributed by atoms with Crippen molar-refractivity contribution in [2.75, 3.05) is 0 Å². The zero-order chi connectivity index (χ0) is 6.57. The van der Waals surface area contributed by atoms with Crippen LogP contribution in [0.25, 0.3) is 0 Å². The van der Waals surface area contributed by atoms with Gasteiger partial charge in [0.1, 0.15) is 0 Å². The first-order chi connectivity index (χ1) is 3.63. The summed E-state index contributed by atoms with van der Waals surface area (Å²) in [6.07, 6.45) is 1.04. The fourth-order valence-corrected chi connectivity index (χ4v) is 0.469. The van der Waals surface area contributed by atoms with Crippen molar-refractivity contribution in [3.05, 3.63) is 0 Å². The van der Waals surface area contributed by atoms with E-state index in [1.807, 2.05) is 0 Å². The van der Waals surface area contributed by atoms with Crippen LogP contribution in [-0.4, -0.2) is 16.2 Å². The van der Waals surface area contributed by atoms with Gasteiger partial charge in [0.15, 0.2) is 0 Å². The maximum Gasteiger partial charge on any atom is 0.0728 e. The lowest BCUT2D eigenvalue weighted by atomic mass is 10.2. The Labute approximate surface area is 54.7 Å². The standard InChI is InChI=1S/C5H11NOS/c1-4(7)2-3-5(6)8/h4,7H,2-3H2,1H3,(H2,6,8). The van der Waals surface area contributed by atoms with Gasteiger partial charge in [-0.1, -0.05) is 12.2 Å². The van der Waals surface area contributed by atoms with Crippen molar-refractivity contribution >= 4 is 17.2 Å². The third-order valence-corrected chi connectivity index (χ3v) is 1.01. The number of aliphatic hydroxyl groups is 1. The van der Waals surface area contributed by atoms with E-state index >= 15 is 0 Å². The zero-order valence-corrected chi connectivity index (χ0v) is 5.74. The second kappa shape index (κ2) is 3.80. The Kier molecular flexibility index (Phi) is 3.73. The Hall–Kier alpha value is -0.150. The highest BCUT2D eigenvalue weighted by atomic mass is 32.1. The molecule has 0 fully saturated rings. The van der Waals surface area contributed by atoms with Gasteiger partial charge in [0.2, 0.25) is 0 Å². The van der Waals surface area contributed by atoms with Crippen molar-refractivity contribution in [3.8, 4) is 0 Å². The Morgan fingerprint density at radius 2 is 2.38 bits per heavy atom. The smallest absolute Gasteiger partial charge is 0.0728 e. The molecule has 3 heteroatoms. The van der Waals surface area contributed by atoms with Gasteiger partial charge in [0.25, 0.3) is 0 Å². The number of nitrogens with two attached hydrogens (primary N) is 1. The summed E-state index contributed by atoms with van der Waals surface area (Å²) in [7, 11) is 0. The first-order valence-electron chi connectivity index (χ1n) is 2.59. The number of thiocarbonyl (C=S) groups is 1. The molecule has 2 nitrogen and oxygen atoms in total. The summed E-state index contributed by atoms with van der Waals surface area (Å²) < 4.78 is 0. The van der Waals surface area contributed by atoms with Crippen LogP contribution in [-0.2, 0) is 0 Å². The van der Waals surface area contributed by atoms with Crippen LogP contribution in [0.15, 0.2) is 0 Å². The molecule has 0 aliphatic heterocycles. The maximum absolute atomic E-state index is 8.69. The second-order valence-corrected chi connectivity index (χ2v) is 2.38. The summed E-state index contributed by atoms with van der Waals surface area (Å²) in [5, 5.41) is 8.69. The van der Waals surface area contributed by atoms with E-state index in [4.69, 9.17) is 10.8 Å². The van der Waals surface area contributed by atoms with Crippen LogP contribution in [0, 0.1) is 0 Å². The first kappa shape index (κ1) is 7.85. The van der Waals surface area contributed by atoms with Crippen LogP contribution in [0.3, 0.4) is 0 Å². The van der Waals surface area contributed by atoms with Crippen molar-refractivity contribution in [2.45, 2.75) is 25.9 Å². The van der Waals surface area contributed by atoms with Crippen LogP contribution in [0.1, 0.15) is 19.8 Å². The van der Waals surface area contributed by atoms with E-state index in [0.29, 0.717) is 17.8 Å². The average molecular weight is 133 g/mol. The normalized spacial score (nSPS) is 13.2. The van der Waals surface area contributed by atoms with Gasteiger partial charge in [-0.25, -0.2) is 0 Å². The maximum atomic E-state index is 8.69. The molecule has 0 aromatic heterocycles. The highest BCUT2D eigenvalue weighted by molar-refractivity contribution is 7.80. The molecule has 0 spiro atoms. The minimum Gasteiger partial charge on any atom is -0.393 e. The molecule has 3 N–H and O–H groups in total. The molecule has 0 radical (unpaired) electrons. The molecule has 0 heterocycles. The summed E-state index contributed by atoms with van der Waals surface area (Å²) in [4.78, 5) is 0.478. The van der Waals surface area contributed by atoms with Gasteiger partial charge >= 0.3 is 0 Å². The molecule has 1 atom stereocenters. The van der Waals surface area contributed by atoms with Crippen LogP contribution in [0.5, 0.6) is 0 Å². The van der Waals surface area contributed by atoms with Gasteiger partial charge in [0.05, 0.1) is 11.1 Å². The lowest BCUT2D eigenvalue weighted by molar-refractivity contribution is 0.187. The molecule has 0 aromatic rings. The number of hydrogen-bond acceptors (Lipinski definition) is 2. The van der Waals surface area contributed by atoms with Crippen molar-refractivity contribution in [1.29, 1.82) is 0 Å². The molecule has 0 aliphatic rings. The summed E-state index contributed by atoms with van der Waals surface area (Å²) >= 11 is 4.58. The fraction of sp³-hybridized carbons (Fsp3) is 0.800. The molecule has 0 saturated carbocycles. The monoisotopic (exact) mass is 133 g/mol. The van der Waals surface area contributed by atoms with E-state index in [2.05, 4.69) is 12.2 Å². The number of hydrogen-bond donors (Lipinski definition) is 2. The predicted octanol–water partition coefficient (Wildman–Crippen LogP) is 0.434. The molecule has 0 saturated heterocycles. The molecule has 0 bridgehead atoms. The summed E-state index contributed by atoms with van der Waals surface area (Å²) in [6, 6.07) is 0. The number of rotatable bonds is 3. The predicted molar refractivity (Wildman–Crippen MR) is 37.7 cm³/mol. The van der Waals surface area contributed by atoms with E-state index in [1.165, 1.54) is 0 Å². The minimum absolute atomic E-state index is 0.281. The molecule has 8 heavy (non-hydrogen) atoms. The van der Waals surface area contributed by atoms with Gasteiger partial charge in [-0.2, -0.15) is 0 Å². The third-order valence-electron chi connectivity index (χ3n) is 0.809. The topological polar surface area (TPSA) is 46.2 Å². The van der Waals surface area contributed by atoms with Crippen molar-refractivity contribution < 1.29 is 5.11 Å². The van der Waals surface area contributed by atoms with E-state index < -0.39 is 0 Å². The molecule has 48 valence electrons. The average Bonchev–Trinajstić information content (AvgIpc) is 1.61. The first-order valence-corrected chi connectivity index (χ1v) is 3.00. The van der Waals surface area contributed by atoms with Crippen molar-refractivity contribution in [1.82, 2.24) is 0 Å². The Morgan fingerprint density at radius 3 is 2.50 bits per heavy atom. The highest BCUT2D eigenvalue weighted by Gasteiger charge is 1.94. The lowest BCUT2D eigenvalue weighted by Crippen LogP contribution is -2.11. The quantitative estimate of drug-likeness (QED) is 0.549. The van der Waals surface area contributed by atoms with Crippen LogP contribution in [0.4, 0.5) is 0 Å². The van der Waals surface area contributed by atoms with Gasteiger partial charge in [-0.3, -0.25) is 0 Å². The molecule has 0 aliphatic carbocycles. The van der Waals surface area contributed by atoms with Crippen molar-refractivity contribution in [2.24, 2.45) is 5.73 Å². The SMILES string of the molecule is CC(O)CCC(N)=S. The molecule has 0 rings (SSSR count). The van der Waals surface area contributed by atoms with Gasteiger partial charge < -0.3 is 10.8 Å². The minimum atomic E-state index is -0.281. The lowest BCUT2D eigenvalue weighted by Gasteiger charge is -1.99. The van der Waals surface area contributed by atoms with Gasteiger partial charge in [0, 0.05) is 0 Å². The van der Waals surface area contributed by atoms with E-state index in [1.54, 1.807) is 6.92 Å². The van der Waals surface area contributed by atoms with E-state index in [-0.39, 0.29) is 6.10 Å². The fourth-order valence-electron chi connectivity index (χ4n) is 0.351. The van der Waals surface area contributed by atoms with E-state index in [9.17, 15) is 0 Å². The molecule has 1 unspecified atom stereocenters. The highest BCUT2D eigenvalue weighted by Crippen LogP contribution is 1.93. The summed E-state index contributed by atoms with van der Waals surface area (Å²) in [5.41, 5.74) is 5.16. The second-order valence-electron chi connectivity index (χ2n) is 1.85. The summed E-state index contributed by atoms with van der Waals surface area (Å²) in [5.74, 6) is 0. The molecular formula is C5H11NOS. The van der Waals surface area contributed by atoms with Gasteiger partial charge in [-0.15, -0.1) is 0 Å². The van der Waals surface area contributed by atoms with E-state index in [0.717, 1.165) is 0 Å². The molecule has 0 aromatic carbocycles.